The van der Waals surface area contributed by atoms with Gasteiger partial charge in [0.05, 0.1) is 5.75 Å². The van der Waals surface area contributed by atoms with Crippen LogP contribution in [-0.4, -0.2) is 18.9 Å². The van der Waals surface area contributed by atoms with Gasteiger partial charge in [0, 0.05) is 0 Å². The average molecular weight is 172 g/mol. The van der Waals surface area contributed by atoms with Gasteiger partial charge in [-0.05, 0) is 13.8 Å². The second kappa shape index (κ2) is 3.10. The van der Waals surface area contributed by atoms with Gasteiger partial charge in [0.15, 0.2) is 9.84 Å². The molecule has 0 aliphatic heterocycles. The summed E-state index contributed by atoms with van der Waals surface area (Å²) in [5.74, 6) is 2.17. The monoisotopic (exact) mass is 172 g/mol. The molecule has 62 valence electrons. The summed E-state index contributed by atoms with van der Waals surface area (Å²) in [6.45, 7) is 6.36. The molecule has 0 aromatic carbocycles. The minimum Gasteiger partial charge on any atom is -0.227 e. The molecule has 0 bridgehead atoms. The van der Waals surface area contributed by atoms with Crippen LogP contribution in [0.1, 0.15) is 13.8 Å². The molecule has 0 spiro atoms. The van der Waals surface area contributed by atoms with E-state index in [2.05, 4.69) is 12.5 Å². The van der Waals surface area contributed by atoms with Gasteiger partial charge in [-0.15, -0.1) is 13.0 Å². The van der Waals surface area contributed by atoms with Crippen molar-refractivity contribution in [2.75, 3.05) is 5.75 Å². The van der Waals surface area contributed by atoms with E-state index in [-0.39, 0.29) is 5.75 Å². The van der Waals surface area contributed by atoms with Crippen LogP contribution >= 0.6 is 0 Å². The Morgan fingerprint density at radius 1 is 1.64 bits per heavy atom. The molecule has 0 unspecified atom stereocenters. The molecule has 2 nitrogen and oxygen atoms in total. The van der Waals surface area contributed by atoms with Crippen LogP contribution in [-0.2, 0) is 9.84 Å². The summed E-state index contributed by atoms with van der Waals surface area (Å²) in [6, 6.07) is 0. The lowest BCUT2D eigenvalue weighted by Crippen LogP contribution is -2.31. The van der Waals surface area contributed by atoms with Crippen LogP contribution in [0.15, 0.2) is 12.7 Å². The second-order valence-electron chi connectivity index (χ2n) is 2.72. The lowest BCUT2D eigenvalue weighted by molar-refractivity contribution is 0.578. The number of hydrogen-bond donors (Lipinski definition) is 0. The SMILES string of the molecule is C#CC(C)(C)S(=O)(=O)CC=C. The van der Waals surface area contributed by atoms with Gasteiger partial charge >= 0.3 is 0 Å². The zero-order valence-corrected chi connectivity index (χ0v) is 7.61. The maximum absolute atomic E-state index is 11.3. The smallest absolute Gasteiger partial charge is 0.170 e. The van der Waals surface area contributed by atoms with Gasteiger partial charge in [0.1, 0.15) is 4.75 Å². The highest BCUT2D eigenvalue weighted by molar-refractivity contribution is 7.93. The average Bonchev–Trinajstić information content (AvgIpc) is 1.87. The van der Waals surface area contributed by atoms with E-state index in [0.29, 0.717) is 0 Å². The summed E-state index contributed by atoms with van der Waals surface area (Å²) >= 11 is 0. The molecule has 11 heavy (non-hydrogen) atoms. The fraction of sp³-hybridized carbons (Fsp3) is 0.500. The van der Waals surface area contributed by atoms with E-state index in [1.807, 2.05) is 0 Å². The summed E-state index contributed by atoms with van der Waals surface area (Å²) < 4.78 is 21.5. The Morgan fingerprint density at radius 3 is 2.36 bits per heavy atom. The van der Waals surface area contributed by atoms with Gasteiger partial charge in [0.2, 0.25) is 0 Å². The van der Waals surface area contributed by atoms with E-state index < -0.39 is 14.6 Å². The number of rotatable bonds is 3. The van der Waals surface area contributed by atoms with Gasteiger partial charge in [-0.3, -0.25) is 0 Å². The van der Waals surface area contributed by atoms with Crippen molar-refractivity contribution in [2.24, 2.45) is 0 Å². The van der Waals surface area contributed by atoms with E-state index in [1.165, 1.54) is 19.9 Å². The molecule has 0 saturated heterocycles. The van der Waals surface area contributed by atoms with E-state index in [9.17, 15) is 8.42 Å². The highest BCUT2D eigenvalue weighted by atomic mass is 32.2. The number of terminal acetylenes is 1. The Morgan fingerprint density at radius 2 is 2.09 bits per heavy atom. The van der Waals surface area contributed by atoms with Crippen LogP contribution < -0.4 is 0 Å². The maximum atomic E-state index is 11.3. The Balaban J connectivity index is 4.88. The van der Waals surface area contributed by atoms with Crippen LogP contribution in [0.4, 0.5) is 0 Å². The van der Waals surface area contributed by atoms with Crippen molar-refractivity contribution in [3.63, 3.8) is 0 Å². The van der Waals surface area contributed by atoms with Crippen molar-refractivity contribution in [1.82, 2.24) is 0 Å². The fourth-order valence-corrected chi connectivity index (χ4v) is 1.36. The summed E-state index contributed by atoms with van der Waals surface area (Å²) in [6.07, 6.45) is 6.40. The molecule has 0 fully saturated rings. The largest absolute Gasteiger partial charge is 0.227 e. The lowest BCUT2D eigenvalue weighted by atomic mass is 10.2. The van der Waals surface area contributed by atoms with Crippen LogP contribution in [0.5, 0.6) is 0 Å². The van der Waals surface area contributed by atoms with E-state index in [4.69, 9.17) is 6.42 Å². The summed E-state index contributed by atoms with van der Waals surface area (Å²) in [7, 11) is -3.21. The van der Waals surface area contributed by atoms with Crippen molar-refractivity contribution in [3.8, 4) is 12.3 Å². The molecule has 0 radical (unpaired) electrons. The molecule has 0 N–H and O–H groups in total. The third kappa shape index (κ3) is 2.09. The Kier molecular flexibility index (Phi) is 2.89. The topological polar surface area (TPSA) is 34.1 Å². The van der Waals surface area contributed by atoms with Crippen molar-refractivity contribution in [3.05, 3.63) is 12.7 Å². The third-order valence-electron chi connectivity index (χ3n) is 1.46. The van der Waals surface area contributed by atoms with E-state index in [0.717, 1.165) is 0 Å². The quantitative estimate of drug-likeness (QED) is 0.470. The lowest BCUT2D eigenvalue weighted by Gasteiger charge is -2.16. The standard InChI is InChI=1S/C8H12O2S/c1-5-7-11(9,10)8(3,4)6-2/h2,5H,1,7H2,3-4H3. The van der Waals surface area contributed by atoms with Crippen LogP contribution in [0.3, 0.4) is 0 Å². The molecule has 0 aromatic heterocycles. The molecule has 0 aliphatic rings. The van der Waals surface area contributed by atoms with Gasteiger partial charge in [-0.25, -0.2) is 8.42 Å². The van der Waals surface area contributed by atoms with Crippen LogP contribution in [0.2, 0.25) is 0 Å². The number of hydrogen-bond acceptors (Lipinski definition) is 2. The molecule has 0 rings (SSSR count). The van der Waals surface area contributed by atoms with E-state index >= 15 is 0 Å². The molecule has 3 heteroatoms. The zero-order chi connectivity index (χ0) is 9.12. The first-order valence-corrected chi connectivity index (χ1v) is 4.83. The molecular weight excluding hydrogens is 160 g/mol. The number of sulfone groups is 1. The van der Waals surface area contributed by atoms with Crippen LogP contribution in [0, 0.1) is 12.3 Å². The van der Waals surface area contributed by atoms with Crippen molar-refractivity contribution in [2.45, 2.75) is 18.6 Å². The first-order chi connectivity index (χ1) is 4.87. The zero-order valence-electron chi connectivity index (χ0n) is 6.79. The molecular formula is C8H12O2S. The van der Waals surface area contributed by atoms with Gasteiger partial charge in [-0.2, -0.15) is 0 Å². The first kappa shape index (κ1) is 10.2. The second-order valence-corrected chi connectivity index (χ2v) is 5.31. The minimum atomic E-state index is -3.21. The minimum absolute atomic E-state index is 0.0653. The Hall–Kier alpha value is -0.750. The Bertz CT molecular complexity index is 278. The maximum Gasteiger partial charge on any atom is 0.170 e. The predicted molar refractivity (Wildman–Crippen MR) is 46.9 cm³/mol. The highest BCUT2D eigenvalue weighted by Crippen LogP contribution is 2.15. The molecule has 0 atom stereocenters. The summed E-state index contributed by atoms with van der Waals surface area (Å²) in [5.41, 5.74) is 0. The predicted octanol–water partition coefficient (Wildman–Crippen LogP) is 0.999. The summed E-state index contributed by atoms with van der Waals surface area (Å²) in [5, 5.41) is 0. The van der Waals surface area contributed by atoms with E-state index in [1.54, 1.807) is 0 Å². The van der Waals surface area contributed by atoms with Crippen LogP contribution in [0.25, 0.3) is 0 Å². The normalized spacial score (nSPS) is 12.1. The molecule has 0 amide bonds. The third-order valence-corrected chi connectivity index (χ3v) is 3.81. The molecule has 0 heterocycles. The van der Waals surface area contributed by atoms with Gasteiger partial charge < -0.3 is 0 Å². The molecule has 0 aromatic rings. The van der Waals surface area contributed by atoms with Crippen molar-refractivity contribution in [1.29, 1.82) is 0 Å². The molecule has 0 saturated carbocycles. The first-order valence-electron chi connectivity index (χ1n) is 3.18. The fourth-order valence-electron chi connectivity index (χ4n) is 0.453. The van der Waals surface area contributed by atoms with Crippen molar-refractivity contribution >= 4 is 9.84 Å². The highest BCUT2D eigenvalue weighted by Gasteiger charge is 2.30. The molecule has 0 aliphatic carbocycles. The van der Waals surface area contributed by atoms with Gasteiger partial charge in [-0.1, -0.05) is 12.0 Å². The van der Waals surface area contributed by atoms with Gasteiger partial charge in [0.25, 0.3) is 0 Å². The summed E-state index contributed by atoms with van der Waals surface area (Å²) in [4.78, 5) is 0. The van der Waals surface area contributed by atoms with Crippen molar-refractivity contribution < 1.29 is 8.42 Å². The Labute approximate surface area is 68.2 Å².